The quantitative estimate of drug-likeness (QED) is 0.924. The lowest BCUT2D eigenvalue weighted by atomic mass is 10.1. The van der Waals surface area contributed by atoms with Crippen LogP contribution >= 0.6 is 0 Å². The minimum Gasteiger partial charge on any atom is -0.345 e. The lowest BCUT2D eigenvalue weighted by Gasteiger charge is -2.14. The van der Waals surface area contributed by atoms with Crippen molar-refractivity contribution in [3.05, 3.63) is 65.5 Å². The minimum atomic E-state index is -0.931. The molecule has 0 aliphatic rings. The Labute approximate surface area is 109 Å². The van der Waals surface area contributed by atoms with Gasteiger partial charge in [0.1, 0.15) is 0 Å². The SMILES string of the molecule is CC(NC(=O)c1cccnc1)c1ccc(F)c(F)c1. The topological polar surface area (TPSA) is 42.0 Å². The first-order chi connectivity index (χ1) is 9.08. The number of hydrogen-bond acceptors (Lipinski definition) is 2. The molecule has 0 spiro atoms. The van der Waals surface area contributed by atoms with Gasteiger partial charge in [-0.1, -0.05) is 6.07 Å². The summed E-state index contributed by atoms with van der Waals surface area (Å²) < 4.78 is 25.9. The van der Waals surface area contributed by atoms with E-state index in [0.717, 1.165) is 12.1 Å². The van der Waals surface area contributed by atoms with Gasteiger partial charge in [-0.15, -0.1) is 0 Å². The maximum Gasteiger partial charge on any atom is 0.253 e. The lowest BCUT2D eigenvalue weighted by Crippen LogP contribution is -2.26. The smallest absolute Gasteiger partial charge is 0.253 e. The van der Waals surface area contributed by atoms with Crippen molar-refractivity contribution in [2.75, 3.05) is 0 Å². The zero-order chi connectivity index (χ0) is 13.8. The molecular formula is C14H12F2N2O. The molecule has 0 aliphatic carbocycles. The number of halogens is 2. The van der Waals surface area contributed by atoms with Crippen LogP contribution in [0.4, 0.5) is 8.78 Å². The van der Waals surface area contributed by atoms with E-state index < -0.39 is 17.7 Å². The molecule has 2 rings (SSSR count). The van der Waals surface area contributed by atoms with Crippen LogP contribution in [0.2, 0.25) is 0 Å². The Morgan fingerprint density at radius 1 is 1.26 bits per heavy atom. The molecule has 1 aromatic carbocycles. The number of rotatable bonds is 3. The number of benzene rings is 1. The highest BCUT2D eigenvalue weighted by molar-refractivity contribution is 5.94. The Morgan fingerprint density at radius 2 is 2.05 bits per heavy atom. The molecule has 19 heavy (non-hydrogen) atoms. The van der Waals surface area contributed by atoms with E-state index in [4.69, 9.17) is 0 Å². The number of hydrogen-bond donors (Lipinski definition) is 1. The number of nitrogens with zero attached hydrogens (tertiary/aromatic N) is 1. The third kappa shape index (κ3) is 3.13. The maximum atomic E-state index is 13.1. The Bertz CT molecular complexity index is 587. The van der Waals surface area contributed by atoms with Gasteiger partial charge in [-0.25, -0.2) is 8.78 Å². The average molecular weight is 262 g/mol. The van der Waals surface area contributed by atoms with Gasteiger partial charge in [0.2, 0.25) is 0 Å². The van der Waals surface area contributed by atoms with Crippen LogP contribution in [-0.2, 0) is 0 Å². The average Bonchev–Trinajstić information content (AvgIpc) is 2.42. The van der Waals surface area contributed by atoms with Gasteiger partial charge in [-0.3, -0.25) is 9.78 Å². The van der Waals surface area contributed by atoms with Gasteiger partial charge in [-0.05, 0) is 36.8 Å². The summed E-state index contributed by atoms with van der Waals surface area (Å²) in [5, 5.41) is 2.69. The first kappa shape index (κ1) is 13.1. The van der Waals surface area contributed by atoms with Crippen LogP contribution in [-0.4, -0.2) is 10.9 Å². The third-order valence-corrected chi connectivity index (χ3v) is 2.71. The van der Waals surface area contributed by atoms with Gasteiger partial charge >= 0.3 is 0 Å². The van der Waals surface area contributed by atoms with Crippen LogP contribution in [0.25, 0.3) is 0 Å². The van der Waals surface area contributed by atoms with E-state index in [2.05, 4.69) is 10.3 Å². The number of nitrogens with one attached hydrogen (secondary N) is 1. The predicted octanol–water partition coefficient (Wildman–Crippen LogP) is 2.85. The van der Waals surface area contributed by atoms with E-state index >= 15 is 0 Å². The summed E-state index contributed by atoms with van der Waals surface area (Å²) in [7, 11) is 0. The Morgan fingerprint density at radius 3 is 2.68 bits per heavy atom. The van der Waals surface area contributed by atoms with Gasteiger partial charge in [0.15, 0.2) is 11.6 Å². The molecule has 0 bridgehead atoms. The molecule has 0 saturated carbocycles. The fraction of sp³-hybridized carbons (Fsp3) is 0.143. The summed E-state index contributed by atoms with van der Waals surface area (Å²) in [5.41, 5.74) is 0.910. The highest BCUT2D eigenvalue weighted by Crippen LogP contribution is 2.16. The van der Waals surface area contributed by atoms with Crippen molar-refractivity contribution in [2.24, 2.45) is 0 Å². The zero-order valence-electron chi connectivity index (χ0n) is 10.2. The van der Waals surface area contributed by atoms with Crippen molar-refractivity contribution >= 4 is 5.91 Å². The van der Waals surface area contributed by atoms with Crippen molar-refractivity contribution < 1.29 is 13.6 Å². The molecule has 1 aromatic heterocycles. The van der Waals surface area contributed by atoms with Crippen molar-refractivity contribution in [1.82, 2.24) is 10.3 Å². The predicted molar refractivity (Wildman–Crippen MR) is 66.5 cm³/mol. The minimum absolute atomic E-state index is 0.315. The van der Waals surface area contributed by atoms with E-state index in [-0.39, 0.29) is 5.91 Å². The van der Waals surface area contributed by atoms with E-state index in [0.29, 0.717) is 11.1 Å². The molecule has 98 valence electrons. The highest BCUT2D eigenvalue weighted by Gasteiger charge is 2.13. The summed E-state index contributed by atoms with van der Waals surface area (Å²) in [6, 6.07) is 6.40. The van der Waals surface area contributed by atoms with Gasteiger partial charge in [0.05, 0.1) is 11.6 Å². The first-order valence-electron chi connectivity index (χ1n) is 5.74. The van der Waals surface area contributed by atoms with Gasteiger partial charge in [0.25, 0.3) is 5.91 Å². The molecule has 1 amide bonds. The van der Waals surface area contributed by atoms with Crippen LogP contribution in [0.3, 0.4) is 0 Å². The molecule has 1 atom stereocenters. The lowest BCUT2D eigenvalue weighted by molar-refractivity contribution is 0.0939. The maximum absolute atomic E-state index is 13.1. The second-order valence-corrected chi connectivity index (χ2v) is 4.11. The van der Waals surface area contributed by atoms with Crippen LogP contribution in [0.15, 0.2) is 42.7 Å². The van der Waals surface area contributed by atoms with Crippen molar-refractivity contribution in [2.45, 2.75) is 13.0 Å². The summed E-state index contributed by atoms with van der Waals surface area (Å²) in [6.45, 7) is 1.70. The summed E-state index contributed by atoms with van der Waals surface area (Å²) in [6.07, 6.45) is 3.00. The Hall–Kier alpha value is -2.30. The van der Waals surface area contributed by atoms with E-state index in [1.165, 1.54) is 12.3 Å². The standard InChI is InChI=1S/C14H12F2N2O/c1-9(10-4-5-12(15)13(16)7-10)18-14(19)11-3-2-6-17-8-11/h2-9H,1H3,(H,18,19). The molecule has 2 aromatic rings. The molecule has 0 aliphatic heterocycles. The van der Waals surface area contributed by atoms with Gasteiger partial charge in [0, 0.05) is 12.4 Å². The molecule has 0 radical (unpaired) electrons. The second-order valence-electron chi connectivity index (χ2n) is 4.11. The largest absolute Gasteiger partial charge is 0.345 e. The van der Waals surface area contributed by atoms with Crippen molar-refractivity contribution in [1.29, 1.82) is 0 Å². The highest BCUT2D eigenvalue weighted by atomic mass is 19.2. The molecule has 0 fully saturated rings. The summed E-state index contributed by atoms with van der Waals surface area (Å²) in [5.74, 6) is -2.15. The number of pyridine rings is 1. The Kier molecular flexibility index (Phi) is 3.85. The van der Waals surface area contributed by atoms with Gasteiger partial charge in [-0.2, -0.15) is 0 Å². The van der Waals surface area contributed by atoms with E-state index in [1.807, 2.05) is 0 Å². The number of carbonyl (C=O) groups is 1. The molecule has 1 heterocycles. The van der Waals surface area contributed by atoms with Crippen molar-refractivity contribution in [3.63, 3.8) is 0 Å². The third-order valence-electron chi connectivity index (χ3n) is 2.71. The molecule has 5 heteroatoms. The molecule has 1 N–H and O–H groups in total. The fourth-order valence-corrected chi connectivity index (χ4v) is 1.64. The van der Waals surface area contributed by atoms with Crippen LogP contribution in [0.5, 0.6) is 0 Å². The monoisotopic (exact) mass is 262 g/mol. The normalized spacial score (nSPS) is 11.9. The van der Waals surface area contributed by atoms with Crippen LogP contribution in [0, 0.1) is 11.6 Å². The van der Waals surface area contributed by atoms with Crippen molar-refractivity contribution in [3.8, 4) is 0 Å². The molecular weight excluding hydrogens is 250 g/mol. The number of amides is 1. The Balaban J connectivity index is 2.10. The summed E-state index contributed by atoms with van der Waals surface area (Å²) in [4.78, 5) is 15.7. The number of carbonyl (C=O) groups excluding carboxylic acids is 1. The second kappa shape index (κ2) is 5.56. The van der Waals surface area contributed by atoms with E-state index in [1.54, 1.807) is 25.3 Å². The van der Waals surface area contributed by atoms with Crippen LogP contribution < -0.4 is 5.32 Å². The van der Waals surface area contributed by atoms with Gasteiger partial charge < -0.3 is 5.32 Å². The van der Waals surface area contributed by atoms with E-state index in [9.17, 15) is 13.6 Å². The molecule has 0 saturated heterocycles. The van der Waals surface area contributed by atoms with Crippen LogP contribution in [0.1, 0.15) is 28.9 Å². The summed E-state index contributed by atoms with van der Waals surface area (Å²) >= 11 is 0. The number of aromatic nitrogens is 1. The fourth-order valence-electron chi connectivity index (χ4n) is 1.64. The molecule has 3 nitrogen and oxygen atoms in total. The first-order valence-corrected chi connectivity index (χ1v) is 5.74. The molecule has 1 unspecified atom stereocenters. The zero-order valence-corrected chi connectivity index (χ0v) is 10.2.